The summed E-state index contributed by atoms with van der Waals surface area (Å²) in [6.07, 6.45) is 6.67. The number of carbonyl (C=O) groups is 1. The Morgan fingerprint density at radius 3 is 2.82 bits per heavy atom. The summed E-state index contributed by atoms with van der Waals surface area (Å²) in [4.78, 5) is 16.9. The Morgan fingerprint density at radius 2 is 2.09 bits per heavy atom. The normalized spacial score (nSPS) is 22.6. The van der Waals surface area contributed by atoms with Gasteiger partial charge in [-0.25, -0.2) is 0 Å². The lowest BCUT2D eigenvalue weighted by Gasteiger charge is -2.34. The van der Waals surface area contributed by atoms with E-state index in [1.54, 1.807) is 0 Å². The Hall–Kier alpha value is -1.36. The molecular formula is C17H28N4O. The Kier molecular flexibility index (Phi) is 4.81. The van der Waals surface area contributed by atoms with Gasteiger partial charge in [0.25, 0.3) is 0 Å². The molecule has 2 aliphatic rings. The summed E-state index contributed by atoms with van der Waals surface area (Å²) in [7, 11) is 0. The molecule has 0 saturated carbocycles. The van der Waals surface area contributed by atoms with Gasteiger partial charge in [0.1, 0.15) is 6.54 Å². The Balaban J connectivity index is 1.54. The molecule has 1 saturated heterocycles. The van der Waals surface area contributed by atoms with Crippen LogP contribution in [0.25, 0.3) is 0 Å². The number of amides is 1. The SMILES string of the molecule is CCCN1CCN(C(=O)Cn2cc3c(n2)CCC(C)C3)CC1. The number of fused-ring (bicyclic) bond motifs is 1. The van der Waals surface area contributed by atoms with Crippen LogP contribution in [0.3, 0.4) is 0 Å². The quantitative estimate of drug-likeness (QED) is 0.848. The standard InChI is InChI=1S/C17H28N4O/c1-3-6-19-7-9-20(10-8-19)17(22)13-21-12-15-11-14(2)4-5-16(15)18-21/h12,14H,3-11,13H2,1-2H3. The molecule has 0 N–H and O–H groups in total. The molecule has 0 spiro atoms. The molecule has 1 aromatic rings. The summed E-state index contributed by atoms with van der Waals surface area (Å²) in [6, 6.07) is 0. The number of carbonyl (C=O) groups excluding carboxylic acids is 1. The van der Waals surface area contributed by atoms with Crippen molar-refractivity contribution in [3.8, 4) is 0 Å². The first kappa shape index (κ1) is 15.5. The van der Waals surface area contributed by atoms with Gasteiger partial charge < -0.3 is 4.90 Å². The van der Waals surface area contributed by atoms with Crippen LogP contribution in [-0.2, 0) is 24.2 Å². The van der Waals surface area contributed by atoms with E-state index < -0.39 is 0 Å². The van der Waals surface area contributed by atoms with Crippen LogP contribution in [0.1, 0.15) is 37.9 Å². The van der Waals surface area contributed by atoms with Gasteiger partial charge in [0.2, 0.25) is 5.91 Å². The molecule has 5 nitrogen and oxygen atoms in total. The number of aromatic nitrogens is 2. The molecule has 1 atom stereocenters. The van der Waals surface area contributed by atoms with Crippen LogP contribution in [0.15, 0.2) is 6.20 Å². The minimum Gasteiger partial charge on any atom is -0.339 e. The lowest BCUT2D eigenvalue weighted by atomic mass is 9.89. The highest BCUT2D eigenvalue weighted by Crippen LogP contribution is 2.23. The van der Waals surface area contributed by atoms with E-state index in [1.807, 2.05) is 9.58 Å². The van der Waals surface area contributed by atoms with Crippen molar-refractivity contribution < 1.29 is 4.79 Å². The summed E-state index contributed by atoms with van der Waals surface area (Å²) in [6.45, 7) is 9.77. The van der Waals surface area contributed by atoms with Crippen molar-refractivity contribution >= 4 is 5.91 Å². The van der Waals surface area contributed by atoms with Crippen molar-refractivity contribution in [3.63, 3.8) is 0 Å². The lowest BCUT2D eigenvalue weighted by molar-refractivity contribution is -0.133. The minimum absolute atomic E-state index is 0.212. The van der Waals surface area contributed by atoms with Gasteiger partial charge in [-0.15, -0.1) is 0 Å². The van der Waals surface area contributed by atoms with E-state index in [-0.39, 0.29) is 5.91 Å². The topological polar surface area (TPSA) is 41.4 Å². The summed E-state index contributed by atoms with van der Waals surface area (Å²) in [5.74, 6) is 0.955. The number of aryl methyl sites for hydroxylation is 1. The summed E-state index contributed by atoms with van der Waals surface area (Å²) < 4.78 is 1.86. The maximum absolute atomic E-state index is 12.5. The van der Waals surface area contributed by atoms with E-state index in [2.05, 4.69) is 30.0 Å². The van der Waals surface area contributed by atoms with Gasteiger partial charge >= 0.3 is 0 Å². The van der Waals surface area contributed by atoms with Gasteiger partial charge in [0, 0.05) is 32.4 Å². The fourth-order valence-electron chi connectivity index (χ4n) is 3.60. The van der Waals surface area contributed by atoms with E-state index in [0.29, 0.717) is 6.54 Å². The summed E-state index contributed by atoms with van der Waals surface area (Å²) >= 11 is 0. The summed E-state index contributed by atoms with van der Waals surface area (Å²) in [5.41, 5.74) is 2.55. The van der Waals surface area contributed by atoms with Gasteiger partial charge in [-0.2, -0.15) is 5.10 Å². The van der Waals surface area contributed by atoms with Crippen molar-refractivity contribution in [2.24, 2.45) is 5.92 Å². The van der Waals surface area contributed by atoms with Crippen LogP contribution in [0, 0.1) is 5.92 Å². The first-order valence-corrected chi connectivity index (χ1v) is 8.71. The van der Waals surface area contributed by atoms with E-state index in [9.17, 15) is 4.79 Å². The van der Waals surface area contributed by atoms with Gasteiger partial charge in [-0.05, 0) is 43.7 Å². The molecule has 1 aliphatic heterocycles. The maximum atomic E-state index is 12.5. The molecule has 3 rings (SSSR count). The molecule has 0 bridgehead atoms. The van der Waals surface area contributed by atoms with Gasteiger partial charge in [-0.1, -0.05) is 13.8 Å². The highest BCUT2D eigenvalue weighted by molar-refractivity contribution is 5.76. The van der Waals surface area contributed by atoms with Crippen molar-refractivity contribution in [3.05, 3.63) is 17.5 Å². The maximum Gasteiger partial charge on any atom is 0.244 e. The molecular weight excluding hydrogens is 276 g/mol. The van der Waals surface area contributed by atoms with E-state index in [1.165, 1.54) is 24.1 Å². The van der Waals surface area contributed by atoms with Gasteiger partial charge in [0.05, 0.1) is 5.69 Å². The average Bonchev–Trinajstić information content (AvgIpc) is 2.89. The molecule has 1 unspecified atom stereocenters. The molecule has 1 amide bonds. The second-order valence-electron chi connectivity index (χ2n) is 6.87. The van der Waals surface area contributed by atoms with Crippen LogP contribution in [0.5, 0.6) is 0 Å². The molecule has 2 heterocycles. The van der Waals surface area contributed by atoms with Crippen LogP contribution < -0.4 is 0 Å². The number of rotatable bonds is 4. The molecule has 1 aromatic heterocycles. The Labute approximate surface area is 133 Å². The molecule has 0 aromatic carbocycles. The average molecular weight is 304 g/mol. The number of hydrogen-bond donors (Lipinski definition) is 0. The lowest BCUT2D eigenvalue weighted by Crippen LogP contribution is -2.49. The molecule has 0 radical (unpaired) electrons. The third-order valence-corrected chi connectivity index (χ3v) is 4.93. The first-order chi connectivity index (χ1) is 10.7. The molecule has 22 heavy (non-hydrogen) atoms. The van der Waals surface area contributed by atoms with Crippen molar-refractivity contribution in [1.29, 1.82) is 0 Å². The third-order valence-electron chi connectivity index (χ3n) is 4.93. The largest absolute Gasteiger partial charge is 0.339 e. The predicted molar refractivity (Wildman–Crippen MR) is 86.7 cm³/mol. The first-order valence-electron chi connectivity index (χ1n) is 8.71. The third kappa shape index (κ3) is 3.51. The second-order valence-corrected chi connectivity index (χ2v) is 6.87. The van der Waals surface area contributed by atoms with Crippen molar-refractivity contribution in [2.45, 2.75) is 46.1 Å². The zero-order valence-corrected chi connectivity index (χ0v) is 13.9. The minimum atomic E-state index is 0.212. The smallest absolute Gasteiger partial charge is 0.244 e. The van der Waals surface area contributed by atoms with E-state index in [0.717, 1.165) is 51.5 Å². The molecule has 122 valence electrons. The molecule has 5 heteroatoms. The highest BCUT2D eigenvalue weighted by atomic mass is 16.2. The predicted octanol–water partition coefficient (Wildman–Crippen LogP) is 1.56. The van der Waals surface area contributed by atoms with Crippen LogP contribution in [0.4, 0.5) is 0 Å². The molecule has 1 fully saturated rings. The van der Waals surface area contributed by atoms with Gasteiger partial charge in [0.15, 0.2) is 0 Å². The van der Waals surface area contributed by atoms with Crippen LogP contribution in [-0.4, -0.2) is 58.2 Å². The van der Waals surface area contributed by atoms with Crippen molar-refractivity contribution in [1.82, 2.24) is 19.6 Å². The zero-order valence-electron chi connectivity index (χ0n) is 13.9. The number of hydrogen-bond acceptors (Lipinski definition) is 3. The monoisotopic (exact) mass is 304 g/mol. The number of nitrogens with zero attached hydrogens (tertiary/aromatic N) is 4. The van der Waals surface area contributed by atoms with Crippen LogP contribution in [0.2, 0.25) is 0 Å². The molecule has 1 aliphatic carbocycles. The number of piperazine rings is 1. The van der Waals surface area contributed by atoms with Crippen molar-refractivity contribution in [2.75, 3.05) is 32.7 Å². The zero-order chi connectivity index (χ0) is 15.5. The fourth-order valence-corrected chi connectivity index (χ4v) is 3.60. The summed E-state index contributed by atoms with van der Waals surface area (Å²) in [5, 5.41) is 4.62. The highest BCUT2D eigenvalue weighted by Gasteiger charge is 2.23. The van der Waals surface area contributed by atoms with Gasteiger partial charge in [-0.3, -0.25) is 14.4 Å². The van der Waals surface area contributed by atoms with Crippen LogP contribution >= 0.6 is 0 Å². The Morgan fingerprint density at radius 1 is 1.32 bits per heavy atom. The van der Waals surface area contributed by atoms with E-state index in [4.69, 9.17) is 0 Å². The second kappa shape index (κ2) is 6.82. The Bertz CT molecular complexity index is 517. The fraction of sp³-hybridized carbons (Fsp3) is 0.765. The van der Waals surface area contributed by atoms with E-state index >= 15 is 0 Å².